The molecule has 2 unspecified atom stereocenters. The van der Waals surface area contributed by atoms with Gasteiger partial charge in [0.25, 0.3) is 0 Å². The van der Waals surface area contributed by atoms with Gasteiger partial charge in [-0.25, -0.2) is 4.79 Å². The lowest BCUT2D eigenvalue weighted by Gasteiger charge is -2.13. The molecule has 1 fully saturated rings. The molecule has 0 bridgehead atoms. The zero-order valence-corrected chi connectivity index (χ0v) is 17.1. The molecule has 1 saturated carbocycles. The maximum absolute atomic E-state index is 12.7. The van der Waals surface area contributed by atoms with E-state index in [-0.39, 0.29) is 11.3 Å². The van der Waals surface area contributed by atoms with Crippen molar-refractivity contribution in [3.63, 3.8) is 0 Å². The van der Waals surface area contributed by atoms with Crippen LogP contribution in [-0.4, -0.2) is 19.0 Å². The zero-order valence-electron chi connectivity index (χ0n) is 17.1. The molecule has 0 aromatic heterocycles. The van der Waals surface area contributed by atoms with E-state index in [1.165, 1.54) is 13.2 Å². The summed E-state index contributed by atoms with van der Waals surface area (Å²) in [6.07, 6.45) is 1.91. The molecule has 30 heavy (non-hydrogen) atoms. The number of ether oxygens (including phenoxy) is 3. The van der Waals surface area contributed by atoms with Crippen LogP contribution >= 0.6 is 0 Å². The smallest absolute Gasteiger partial charge is 0.330 e. The molecule has 2 aromatic carbocycles. The van der Waals surface area contributed by atoms with Gasteiger partial charge in [-0.1, -0.05) is 50.3 Å². The summed E-state index contributed by atoms with van der Waals surface area (Å²) in [7, 11) is 1.30. The standard InChI is InChI=1S/C24H23NO5/c1-24(2)19(12-13-21(26)28-3)22(24)23(27)30-20(15-25)16-8-7-11-18(14-16)29-17-9-5-4-6-10-17/h4-14,19-20,22H,1-3H3/t19?,20-,22?/m1/s1. The van der Waals surface area contributed by atoms with E-state index in [4.69, 9.17) is 9.47 Å². The van der Waals surface area contributed by atoms with Gasteiger partial charge >= 0.3 is 11.9 Å². The topological polar surface area (TPSA) is 85.6 Å². The number of nitrogens with zero attached hydrogens (tertiary/aromatic N) is 1. The quantitative estimate of drug-likeness (QED) is 0.495. The lowest BCUT2D eigenvalue weighted by molar-refractivity contribution is -0.149. The van der Waals surface area contributed by atoms with E-state index in [1.807, 2.05) is 50.2 Å². The number of hydrogen-bond donors (Lipinski definition) is 0. The number of esters is 2. The first-order chi connectivity index (χ1) is 14.4. The van der Waals surface area contributed by atoms with Crippen molar-refractivity contribution in [3.05, 3.63) is 72.3 Å². The molecule has 6 heteroatoms. The van der Waals surface area contributed by atoms with E-state index in [9.17, 15) is 14.9 Å². The first-order valence-corrected chi connectivity index (χ1v) is 9.56. The Morgan fingerprint density at radius 1 is 1.10 bits per heavy atom. The summed E-state index contributed by atoms with van der Waals surface area (Å²) in [6, 6.07) is 18.2. The highest BCUT2D eigenvalue weighted by Gasteiger charge is 2.61. The van der Waals surface area contributed by atoms with Crippen molar-refractivity contribution in [2.24, 2.45) is 17.3 Å². The van der Waals surface area contributed by atoms with Crippen LogP contribution in [0.25, 0.3) is 0 Å². The van der Waals surface area contributed by atoms with E-state index in [0.717, 1.165) is 0 Å². The number of rotatable bonds is 7. The van der Waals surface area contributed by atoms with E-state index < -0.39 is 24.0 Å². The van der Waals surface area contributed by atoms with Gasteiger partial charge in [-0.05, 0) is 35.6 Å². The normalized spacial score (nSPS) is 20.1. The first-order valence-electron chi connectivity index (χ1n) is 9.56. The van der Waals surface area contributed by atoms with Crippen LogP contribution in [-0.2, 0) is 19.1 Å². The summed E-state index contributed by atoms with van der Waals surface area (Å²) >= 11 is 0. The Morgan fingerprint density at radius 3 is 2.47 bits per heavy atom. The highest BCUT2D eigenvalue weighted by Crippen LogP contribution is 2.59. The third-order valence-electron chi connectivity index (χ3n) is 5.30. The highest BCUT2D eigenvalue weighted by atomic mass is 16.5. The maximum Gasteiger partial charge on any atom is 0.330 e. The number of carbonyl (C=O) groups is 2. The van der Waals surface area contributed by atoms with Crippen LogP contribution in [0.15, 0.2) is 66.7 Å². The molecule has 3 rings (SSSR count). The Hall–Kier alpha value is -3.59. The van der Waals surface area contributed by atoms with Crippen molar-refractivity contribution in [2.75, 3.05) is 7.11 Å². The molecule has 2 aromatic rings. The van der Waals surface area contributed by atoms with E-state index >= 15 is 0 Å². The van der Waals surface area contributed by atoms with Gasteiger partial charge in [0.05, 0.1) is 13.0 Å². The molecule has 0 saturated heterocycles. The monoisotopic (exact) mass is 405 g/mol. The van der Waals surface area contributed by atoms with Crippen molar-refractivity contribution < 1.29 is 23.8 Å². The fourth-order valence-electron chi connectivity index (χ4n) is 3.46. The third kappa shape index (κ3) is 4.69. The SMILES string of the molecule is COC(=O)C=CC1C(C(=O)O[C@H](C#N)c2cccc(Oc3ccccc3)c2)C1(C)C. The highest BCUT2D eigenvalue weighted by molar-refractivity contribution is 5.83. The lowest BCUT2D eigenvalue weighted by Crippen LogP contribution is -2.14. The van der Waals surface area contributed by atoms with Crippen LogP contribution in [0.4, 0.5) is 0 Å². The molecule has 0 amide bonds. The van der Waals surface area contributed by atoms with Crippen LogP contribution in [0.3, 0.4) is 0 Å². The van der Waals surface area contributed by atoms with Gasteiger partial charge in [0, 0.05) is 11.6 Å². The summed E-state index contributed by atoms with van der Waals surface area (Å²) in [5.74, 6) is -0.328. The van der Waals surface area contributed by atoms with Gasteiger partial charge in [0.2, 0.25) is 6.10 Å². The van der Waals surface area contributed by atoms with Gasteiger partial charge in [0.1, 0.15) is 17.6 Å². The number of allylic oxidation sites excluding steroid dienone is 1. The average Bonchev–Trinajstić information content (AvgIpc) is 3.31. The molecule has 1 aliphatic carbocycles. The predicted octanol–water partition coefficient (Wildman–Crippen LogP) is 4.59. The van der Waals surface area contributed by atoms with Gasteiger partial charge in [-0.15, -0.1) is 0 Å². The number of methoxy groups -OCH3 is 1. The molecule has 154 valence electrons. The van der Waals surface area contributed by atoms with Gasteiger partial charge in [0.15, 0.2) is 0 Å². The number of para-hydroxylation sites is 1. The summed E-state index contributed by atoms with van der Waals surface area (Å²) in [5.41, 5.74) is 0.166. The van der Waals surface area contributed by atoms with Crippen LogP contribution in [0, 0.1) is 28.6 Å². The Morgan fingerprint density at radius 2 is 1.80 bits per heavy atom. The molecular weight excluding hydrogens is 382 g/mol. The number of benzene rings is 2. The van der Waals surface area contributed by atoms with E-state index in [0.29, 0.717) is 17.1 Å². The molecule has 1 aliphatic rings. The van der Waals surface area contributed by atoms with Crippen molar-refractivity contribution in [1.82, 2.24) is 0 Å². The number of hydrogen-bond acceptors (Lipinski definition) is 6. The number of carbonyl (C=O) groups excluding carboxylic acids is 2. The number of nitriles is 1. The Kier molecular flexibility index (Phi) is 6.22. The van der Waals surface area contributed by atoms with Crippen molar-refractivity contribution in [1.29, 1.82) is 5.26 Å². The van der Waals surface area contributed by atoms with Gasteiger partial charge < -0.3 is 14.2 Å². The average molecular weight is 405 g/mol. The minimum Gasteiger partial charge on any atom is -0.466 e. The second-order valence-electron chi connectivity index (χ2n) is 7.64. The second kappa shape index (κ2) is 8.83. The molecule has 6 nitrogen and oxygen atoms in total. The lowest BCUT2D eigenvalue weighted by atomic mass is 10.1. The van der Waals surface area contributed by atoms with Gasteiger partial charge in [-0.2, -0.15) is 5.26 Å². The van der Waals surface area contributed by atoms with Crippen LogP contribution in [0.5, 0.6) is 11.5 Å². The Balaban J connectivity index is 1.69. The van der Waals surface area contributed by atoms with Crippen molar-refractivity contribution in [2.45, 2.75) is 20.0 Å². The summed E-state index contributed by atoms with van der Waals surface area (Å²) in [4.78, 5) is 24.0. The molecular formula is C24H23NO5. The second-order valence-corrected chi connectivity index (χ2v) is 7.64. The fraction of sp³-hybridized carbons (Fsp3) is 0.292. The summed E-state index contributed by atoms with van der Waals surface area (Å²) < 4.78 is 15.9. The maximum atomic E-state index is 12.7. The summed E-state index contributed by atoms with van der Waals surface area (Å²) in [5, 5.41) is 9.57. The van der Waals surface area contributed by atoms with E-state index in [1.54, 1.807) is 30.3 Å². The zero-order chi connectivity index (χ0) is 21.7. The van der Waals surface area contributed by atoms with Crippen LogP contribution < -0.4 is 4.74 Å². The molecule has 3 atom stereocenters. The molecule has 0 radical (unpaired) electrons. The largest absolute Gasteiger partial charge is 0.466 e. The molecule has 0 spiro atoms. The first kappa shape index (κ1) is 21.1. The fourth-order valence-corrected chi connectivity index (χ4v) is 3.46. The minimum atomic E-state index is -1.06. The van der Waals surface area contributed by atoms with Crippen molar-refractivity contribution in [3.8, 4) is 17.6 Å². The van der Waals surface area contributed by atoms with Crippen LogP contribution in [0.2, 0.25) is 0 Å². The summed E-state index contributed by atoms with van der Waals surface area (Å²) in [6.45, 7) is 3.84. The van der Waals surface area contributed by atoms with E-state index in [2.05, 4.69) is 4.74 Å². The molecule has 0 N–H and O–H groups in total. The van der Waals surface area contributed by atoms with Crippen LogP contribution in [0.1, 0.15) is 25.5 Å². The van der Waals surface area contributed by atoms with Gasteiger partial charge in [-0.3, -0.25) is 4.79 Å². The predicted molar refractivity (Wildman–Crippen MR) is 109 cm³/mol. The van der Waals surface area contributed by atoms with Crippen molar-refractivity contribution >= 4 is 11.9 Å². The molecule has 0 heterocycles. The Labute approximate surface area is 175 Å². The third-order valence-corrected chi connectivity index (χ3v) is 5.30. The molecule has 0 aliphatic heterocycles. The minimum absolute atomic E-state index is 0.156. The Bertz CT molecular complexity index is 990.